The molecule has 35 heavy (non-hydrogen) atoms. The minimum atomic E-state index is 0.424. The maximum absolute atomic E-state index is 6.37. The number of nitrogens with zero attached hydrogens (tertiary/aromatic N) is 5. The lowest BCUT2D eigenvalue weighted by atomic mass is 9.74. The molecular weight excluding hydrogens is 436 g/mol. The molecule has 0 radical (unpaired) electrons. The van der Waals surface area contributed by atoms with Gasteiger partial charge in [-0.25, -0.2) is 15.0 Å². The van der Waals surface area contributed by atoms with Gasteiger partial charge in [0.15, 0.2) is 0 Å². The summed E-state index contributed by atoms with van der Waals surface area (Å²) >= 11 is 0. The molecule has 3 aromatic heterocycles. The molecule has 0 saturated heterocycles. The first-order valence-corrected chi connectivity index (χ1v) is 12.0. The van der Waals surface area contributed by atoms with E-state index in [9.17, 15) is 0 Å². The molecule has 1 saturated carbocycles. The van der Waals surface area contributed by atoms with Crippen LogP contribution in [0, 0.1) is 5.92 Å². The Kier molecular flexibility index (Phi) is 5.34. The second-order valence-electron chi connectivity index (χ2n) is 9.62. The summed E-state index contributed by atoms with van der Waals surface area (Å²) in [5.41, 5.74) is 9.88. The Morgan fingerprint density at radius 3 is 2.63 bits per heavy atom. The molecule has 0 atom stereocenters. The molecule has 7 heteroatoms. The van der Waals surface area contributed by atoms with Gasteiger partial charge in [-0.3, -0.25) is 4.40 Å². The molecular formula is C28H28N6O. The molecule has 0 spiro atoms. The summed E-state index contributed by atoms with van der Waals surface area (Å²) in [7, 11) is 4.26. The molecule has 6 rings (SSSR count). The van der Waals surface area contributed by atoms with Crippen LogP contribution in [0.5, 0.6) is 11.6 Å². The molecule has 1 aliphatic carbocycles. The van der Waals surface area contributed by atoms with Crippen LogP contribution in [-0.2, 0) is 0 Å². The van der Waals surface area contributed by atoms with Crippen molar-refractivity contribution in [3.05, 3.63) is 78.9 Å². The summed E-state index contributed by atoms with van der Waals surface area (Å²) in [5, 5.41) is 1.04. The van der Waals surface area contributed by atoms with Gasteiger partial charge < -0.3 is 15.4 Å². The molecule has 0 unspecified atom stereocenters. The number of hydrogen-bond acceptors (Lipinski definition) is 6. The highest BCUT2D eigenvalue weighted by atomic mass is 16.5. The number of hydrogen-bond donors (Lipinski definition) is 1. The van der Waals surface area contributed by atoms with Gasteiger partial charge in [-0.05, 0) is 57.1 Å². The predicted molar refractivity (Wildman–Crippen MR) is 139 cm³/mol. The molecule has 0 aliphatic heterocycles. The van der Waals surface area contributed by atoms with E-state index in [4.69, 9.17) is 20.4 Å². The van der Waals surface area contributed by atoms with Gasteiger partial charge in [0.2, 0.25) is 5.88 Å². The second kappa shape index (κ2) is 8.67. The van der Waals surface area contributed by atoms with Crippen LogP contribution < -0.4 is 10.5 Å². The van der Waals surface area contributed by atoms with Crippen LogP contribution >= 0.6 is 0 Å². The van der Waals surface area contributed by atoms with Crippen LogP contribution in [0.4, 0.5) is 5.82 Å². The van der Waals surface area contributed by atoms with Crippen LogP contribution in [-0.4, -0.2) is 44.9 Å². The van der Waals surface area contributed by atoms with E-state index in [1.54, 1.807) is 6.20 Å². The number of benzene rings is 2. The van der Waals surface area contributed by atoms with E-state index < -0.39 is 0 Å². The first-order chi connectivity index (χ1) is 17.0. The maximum Gasteiger partial charge on any atom is 0.219 e. The zero-order valence-electron chi connectivity index (χ0n) is 19.9. The first kappa shape index (κ1) is 21.6. The van der Waals surface area contributed by atoms with Crippen molar-refractivity contribution in [1.82, 2.24) is 24.3 Å². The number of nitrogens with two attached hydrogens (primary N) is 1. The Morgan fingerprint density at radius 1 is 1.03 bits per heavy atom. The standard InChI is InChI=1S/C28H28N6O/c1-33(2)17-18-14-21(15-18)28-32-25(26-27(29)30-12-13-34(26)28)20-9-8-19-10-11-24(31-23(19)16-20)35-22-6-4-3-5-7-22/h3-13,16,18,21H,14-15,17H2,1-2H3,(H2,29,30). The topological polar surface area (TPSA) is 81.6 Å². The van der Waals surface area contributed by atoms with Crippen molar-refractivity contribution in [3.8, 4) is 22.9 Å². The monoisotopic (exact) mass is 464 g/mol. The lowest BCUT2D eigenvalue weighted by molar-refractivity contribution is 0.194. The normalized spacial score (nSPS) is 17.7. The van der Waals surface area contributed by atoms with E-state index in [0.717, 1.165) is 58.6 Å². The molecule has 3 heterocycles. The maximum atomic E-state index is 6.37. The zero-order valence-corrected chi connectivity index (χ0v) is 19.9. The number of imidazole rings is 1. The van der Waals surface area contributed by atoms with Crippen molar-refractivity contribution in [2.75, 3.05) is 26.4 Å². The predicted octanol–water partition coefficient (Wildman–Crippen LogP) is 5.37. The molecule has 176 valence electrons. The SMILES string of the molecule is CN(C)CC1CC(c2nc(-c3ccc4ccc(Oc5ccccc5)nc4c3)c3c(N)nccn23)C1. The average molecular weight is 465 g/mol. The highest BCUT2D eigenvalue weighted by molar-refractivity contribution is 5.90. The summed E-state index contributed by atoms with van der Waals surface area (Å²) in [4.78, 5) is 16.5. The smallest absolute Gasteiger partial charge is 0.219 e. The minimum Gasteiger partial charge on any atom is -0.439 e. The van der Waals surface area contributed by atoms with E-state index in [0.29, 0.717) is 23.5 Å². The largest absolute Gasteiger partial charge is 0.439 e. The summed E-state index contributed by atoms with van der Waals surface area (Å²) in [6.45, 7) is 1.11. The molecule has 2 aromatic carbocycles. The molecule has 5 aromatic rings. The Hall–Kier alpha value is -3.97. The Labute approximate surface area is 204 Å². The molecule has 1 fully saturated rings. The molecule has 2 N–H and O–H groups in total. The van der Waals surface area contributed by atoms with Gasteiger partial charge >= 0.3 is 0 Å². The van der Waals surface area contributed by atoms with Gasteiger partial charge in [-0.2, -0.15) is 0 Å². The van der Waals surface area contributed by atoms with Gasteiger partial charge in [0, 0.05) is 41.9 Å². The van der Waals surface area contributed by atoms with Gasteiger partial charge in [-0.1, -0.05) is 30.3 Å². The highest BCUT2D eigenvalue weighted by Crippen LogP contribution is 2.43. The first-order valence-electron chi connectivity index (χ1n) is 12.0. The van der Waals surface area contributed by atoms with E-state index in [1.165, 1.54) is 0 Å². The number of para-hydroxylation sites is 1. The van der Waals surface area contributed by atoms with Crippen molar-refractivity contribution < 1.29 is 4.74 Å². The lowest BCUT2D eigenvalue weighted by Gasteiger charge is -2.36. The highest BCUT2D eigenvalue weighted by Gasteiger charge is 2.34. The van der Waals surface area contributed by atoms with Crippen molar-refractivity contribution in [2.24, 2.45) is 5.92 Å². The van der Waals surface area contributed by atoms with E-state index in [1.807, 2.05) is 48.7 Å². The van der Waals surface area contributed by atoms with Crippen molar-refractivity contribution in [3.63, 3.8) is 0 Å². The third-order valence-electron chi connectivity index (χ3n) is 6.74. The van der Waals surface area contributed by atoms with Crippen LogP contribution in [0.2, 0.25) is 0 Å². The second-order valence-corrected chi connectivity index (χ2v) is 9.62. The number of anilines is 1. The summed E-state index contributed by atoms with van der Waals surface area (Å²) in [6.07, 6.45) is 6.00. The van der Waals surface area contributed by atoms with Crippen LogP contribution in [0.1, 0.15) is 24.6 Å². The Balaban J connectivity index is 1.38. The lowest BCUT2D eigenvalue weighted by Crippen LogP contribution is -2.32. The molecule has 1 aliphatic rings. The van der Waals surface area contributed by atoms with Gasteiger partial charge in [0.25, 0.3) is 0 Å². The quantitative estimate of drug-likeness (QED) is 0.364. The molecule has 7 nitrogen and oxygen atoms in total. The minimum absolute atomic E-state index is 0.424. The van der Waals surface area contributed by atoms with E-state index in [2.05, 4.69) is 46.6 Å². The fourth-order valence-corrected chi connectivity index (χ4v) is 5.10. The van der Waals surface area contributed by atoms with Crippen LogP contribution in [0.25, 0.3) is 27.7 Å². The number of fused-ring (bicyclic) bond motifs is 2. The van der Waals surface area contributed by atoms with Crippen LogP contribution in [0.15, 0.2) is 73.1 Å². The third kappa shape index (κ3) is 4.08. The average Bonchev–Trinajstić information content (AvgIpc) is 3.22. The number of aromatic nitrogens is 4. The van der Waals surface area contributed by atoms with Crippen molar-refractivity contribution in [2.45, 2.75) is 18.8 Å². The van der Waals surface area contributed by atoms with Crippen molar-refractivity contribution >= 4 is 22.2 Å². The van der Waals surface area contributed by atoms with Crippen LogP contribution in [0.3, 0.4) is 0 Å². The summed E-state index contributed by atoms with van der Waals surface area (Å²) < 4.78 is 8.08. The molecule has 0 amide bonds. The number of rotatable bonds is 6. The fraction of sp³-hybridized carbons (Fsp3) is 0.250. The van der Waals surface area contributed by atoms with Gasteiger partial charge in [0.1, 0.15) is 28.6 Å². The number of pyridine rings is 1. The summed E-state index contributed by atoms with van der Waals surface area (Å²) in [6, 6.07) is 19.8. The van der Waals surface area contributed by atoms with Crippen molar-refractivity contribution in [1.29, 1.82) is 0 Å². The number of ether oxygens (including phenoxy) is 1. The van der Waals surface area contributed by atoms with E-state index >= 15 is 0 Å². The Bertz CT molecular complexity index is 1500. The molecule has 0 bridgehead atoms. The fourth-order valence-electron chi connectivity index (χ4n) is 5.10. The zero-order chi connectivity index (χ0) is 23.9. The Morgan fingerprint density at radius 2 is 1.83 bits per heavy atom. The van der Waals surface area contributed by atoms with E-state index in [-0.39, 0.29) is 0 Å². The third-order valence-corrected chi connectivity index (χ3v) is 6.74. The summed E-state index contributed by atoms with van der Waals surface area (Å²) in [5.74, 6) is 3.99. The van der Waals surface area contributed by atoms with Gasteiger partial charge in [-0.15, -0.1) is 0 Å². The number of nitrogen functional groups attached to an aromatic ring is 1. The van der Waals surface area contributed by atoms with Gasteiger partial charge in [0.05, 0.1) is 5.52 Å².